The van der Waals surface area contributed by atoms with E-state index < -0.39 is 0 Å². The van der Waals surface area contributed by atoms with Gasteiger partial charge in [-0.05, 0) is 31.5 Å². The molecule has 2 aromatic rings. The second-order valence-corrected chi connectivity index (χ2v) is 5.20. The highest BCUT2D eigenvalue weighted by molar-refractivity contribution is 5.28. The van der Waals surface area contributed by atoms with Gasteiger partial charge >= 0.3 is 0 Å². The van der Waals surface area contributed by atoms with Gasteiger partial charge in [-0.1, -0.05) is 12.1 Å². The summed E-state index contributed by atoms with van der Waals surface area (Å²) < 4.78 is 7.75. The molecule has 1 N–H and O–H groups in total. The highest BCUT2D eigenvalue weighted by Crippen LogP contribution is 2.14. The predicted octanol–water partition coefficient (Wildman–Crippen LogP) is 2.54. The fourth-order valence-corrected chi connectivity index (χ4v) is 2.07. The smallest absolute Gasteiger partial charge is 0.120 e. The minimum absolute atomic E-state index is 0.210. The van der Waals surface area contributed by atoms with E-state index in [1.54, 1.807) is 0 Å². The summed E-state index contributed by atoms with van der Waals surface area (Å²) in [6.45, 7) is 5.84. The van der Waals surface area contributed by atoms with Gasteiger partial charge < -0.3 is 14.6 Å². The zero-order valence-electron chi connectivity index (χ0n) is 12.5. The van der Waals surface area contributed by atoms with Crippen LogP contribution in [-0.2, 0) is 20.0 Å². The number of imidazole rings is 1. The Kier molecular flexibility index (Phi) is 5.18. The Balaban J connectivity index is 1.78. The molecule has 0 aliphatic carbocycles. The first-order valence-electron chi connectivity index (χ1n) is 7.07. The fourth-order valence-electron chi connectivity index (χ4n) is 2.07. The van der Waals surface area contributed by atoms with E-state index in [4.69, 9.17) is 4.74 Å². The molecule has 0 atom stereocenters. The molecule has 0 aliphatic rings. The van der Waals surface area contributed by atoms with Crippen LogP contribution in [0.5, 0.6) is 5.75 Å². The maximum Gasteiger partial charge on any atom is 0.120 e. The number of nitrogens with one attached hydrogen (secondary N) is 1. The number of benzene rings is 1. The number of aryl methyl sites for hydroxylation is 1. The Labute approximate surface area is 120 Å². The Morgan fingerprint density at radius 3 is 2.90 bits per heavy atom. The topological polar surface area (TPSA) is 39.1 Å². The van der Waals surface area contributed by atoms with Crippen LogP contribution in [0.1, 0.15) is 25.2 Å². The highest BCUT2D eigenvalue weighted by atomic mass is 16.5. The predicted molar refractivity (Wildman–Crippen MR) is 80.8 cm³/mol. The first-order chi connectivity index (χ1) is 9.65. The van der Waals surface area contributed by atoms with Crippen LogP contribution in [-0.4, -0.2) is 22.2 Å². The molecular formula is C16H23N3O. The third-order valence-electron chi connectivity index (χ3n) is 3.05. The van der Waals surface area contributed by atoms with Gasteiger partial charge in [-0.2, -0.15) is 0 Å². The van der Waals surface area contributed by atoms with E-state index >= 15 is 0 Å². The van der Waals surface area contributed by atoms with E-state index in [9.17, 15) is 0 Å². The molecule has 0 radical (unpaired) electrons. The van der Waals surface area contributed by atoms with Gasteiger partial charge in [0, 0.05) is 39.0 Å². The first-order valence-corrected chi connectivity index (χ1v) is 7.07. The molecule has 0 amide bonds. The fraction of sp³-hybridized carbons (Fsp3) is 0.438. The molecular weight excluding hydrogens is 250 g/mol. The van der Waals surface area contributed by atoms with Gasteiger partial charge in [-0.25, -0.2) is 4.98 Å². The highest BCUT2D eigenvalue weighted by Gasteiger charge is 2.01. The lowest BCUT2D eigenvalue weighted by atomic mass is 10.2. The van der Waals surface area contributed by atoms with Crippen LogP contribution in [0.15, 0.2) is 36.7 Å². The Morgan fingerprint density at radius 2 is 2.20 bits per heavy atom. The van der Waals surface area contributed by atoms with E-state index in [0.29, 0.717) is 0 Å². The van der Waals surface area contributed by atoms with Gasteiger partial charge in [0.1, 0.15) is 11.6 Å². The monoisotopic (exact) mass is 273 g/mol. The summed E-state index contributed by atoms with van der Waals surface area (Å²) in [4.78, 5) is 4.31. The van der Waals surface area contributed by atoms with E-state index in [2.05, 4.69) is 27.0 Å². The summed E-state index contributed by atoms with van der Waals surface area (Å²) in [5, 5.41) is 3.44. The standard InChI is InChI=1S/C16H23N3O/c1-13(2)20-15-6-4-5-14(11-15)12-17-8-7-16-18-9-10-19(16)3/h4-6,9-11,13,17H,7-8,12H2,1-3H3. The molecule has 4 nitrogen and oxygen atoms in total. The summed E-state index contributed by atoms with van der Waals surface area (Å²) in [5.74, 6) is 2.04. The lowest BCUT2D eigenvalue weighted by Gasteiger charge is -2.11. The van der Waals surface area contributed by atoms with E-state index in [1.807, 2.05) is 45.4 Å². The van der Waals surface area contributed by atoms with Crippen molar-refractivity contribution in [2.75, 3.05) is 6.54 Å². The molecule has 0 unspecified atom stereocenters. The third kappa shape index (κ3) is 4.38. The number of aromatic nitrogens is 2. The van der Waals surface area contributed by atoms with Crippen LogP contribution >= 0.6 is 0 Å². The van der Waals surface area contributed by atoms with Crippen molar-refractivity contribution in [1.82, 2.24) is 14.9 Å². The van der Waals surface area contributed by atoms with E-state index in [-0.39, 0.29) is 6.10 Å². The quantitative estimate of drug-likeness (QED) is 0.788. The second kappa shape index (κ2) is 7.10. The zero-order chi connectivity index (χ0) is 14.4. The molecule has 108 valence electrons. The van der Waals surface area contributed by atoms with Crippen LogP contribution < -0.4 is 10.1 Å². The lowest BCUT2D eigenvalue weighted by molar-refractivity contribution is 0.242. The summed E-state index contributed by atoms with van der Waals surface area (Å²) in [7, 11) is 2.02. The van der Waals surface area contributed by atoms with Crippen molar-refractivity contribution in [3.63, 3.8) is 0 Å². The summed E-state index contributed by atoms with van der Waals surface area (Å²) >= 11 is 0. The molecule has 1 aromatic carbocycles. The van der Waals surface area contributed by atoms with Crippen molar-refractivity contribution < 1.29 is 4.74 Å². The summed E-state index contributed by atoms with van der Waals surface area (Å²) in [6, 6.07) is 8.24. The van der Waals surface area contributed by atoms with Crippen molar-refractivity contribution in [2.45, 2.75) is 32.9 Å². The third-order valence-corrected chi connectivity index (χ3v) is 3.05. The second-order valence-electron chi connectivity index (χ2n) is 5.20. The molecule has 0 saturated heterocycles. The number of hydrogen-bond acceptors (Lipinski definition) is 3. The van der Waals surface area contributed by atoms with Gasteiger partial charge in [0.15, 0.2) is 0 Å². The molecule has 0 spiro atoms. The van der Waals surface area contributed by atoms with Crippen LogP contribution in [0.4, 0.5) is 0 Å². The van der Waals surface area contributed by atoms with Crippen molar-refractivity contribution in [3.05, 3.63) is 48.0 Å². The van der Waals surface area contributed by atoms with Crippen LogP contribution in [0.3, 0.4) is 0 Å². The summed E-state index contributed by atoms with van der Waals surface area (Å²) in [5.41, 5.74) is 1.24. The van der Waals surface area contributed by atoms with Crippen molar-refractivity contribution in [1.29, 1.82) is 0 Å². The largest absolute Gasteiger partial charge is 0.491 e. The number of hydrogen-bond donors (Lipinski definition) is 1. The number of rotatable bonds is 7. The molecule has 0 bridgehead atoms. The molecule has 2 rings (SSSR count). The molecule has 0 fully saturated rings. The Morgan fingerprint density at radius 1 is 1.35 bits per heavy atom. The normalized spacial score (nSPS) is 11.0. The van der Waals surface area contributed by atoms with Gasteiger partial charge in [0.25, 0.3) is 0 Å². The van der Waals surface area contributed by atoms with Gasteiger partial charge in [-0.3, -0.25) is 0 Å². The van der Waals surface area contributed by atoms with Gasteiger partial charge in [0.2, 0.25) is 0 Å². The Hall–Kier alpha value is -1.81. The average molecular weight is 273 g/mol. The van der Waals surface area contributed by atoms with E-state index in [0.717, 1.165) is 31.1 Å². The van der Waals surface area contributed by atoms with Gasteiger partial charge in [-0.15, -0.1) is 0 Å². The molecule has 4 heteroatoms. The van der Waals surface area contributed by atoms with Gasteiger partial charge in [0.05, 0.1) is 6.10 Å². The number of ether oxygens (including phenoxy) is 1. The first kappa shape index (κ1) is 14.6. The minimum Gasteiger partial charge on any atom is -0.491 e. The average Bonchev–Trinajstić information content (AvgIpc) is 2.80. The maximum atomic E-state index is 5.69. The zero-order valence-corrected chi connectivity index (χ0v) is 12.5. The van der Waals surface area contributed by atoms with Crippen molar-refractivity contribution in [3.8, 4) is 5.75 Å². The SMILES string of the molecule is CC(C)Oc1cccc(CNCCc2nccn2C)c1. The van der Waals surface area contributed by atoms with Crippen LogP contribution in [0, 0.1) is 0 Å². The molecule has 20 heavy (non-hydrogen) atoms. The minimum atomic E-state index is 0.210. The van der Waals surface area contributed by atoms with Crippen molar-refractivity contribution in [2.24, 2.45) is 7.05 Å². The molecule has 1 aromatic heterocycles. The van der Waals surface area contributed by atoms with Crippen molar-refractivity contribution >= 4 is 0 Å². The molecule has 1 heterocycles. The lowest BCUT2D eigenvalue weighted by Crippen LogP contribution is -2.18. The van der Waals surface area contributed by atoms with Crippen LogP contribution in [0.25, 0.3) is 0 Å². The Bertz CT molecular complexity index is 534. The molecule has 0 aliphatic heterocycles. The van der Waals surface area contributed by atoms with E-state index in [1.165, 1.54) is 5.56 Å². The molecule has 0 saturated carbocycles. The maximum absolute atomic E-state index is 5.69. The number of nitrogens with zero attached hydrogens (tertiary/aromatic N) is 2. The van der Waals surface area contributed by atoms with Crippen LogP contribution in [0.2, 0.25) is 0 Å². The summed E-state index contributed by atoms with van der Waals surface area (Å²) in [6.07, 6.45) is 4.96.